The van der Waals surface area contributed by atoms with Crippen LogP contribution in [-0.4, -0.2) is 48.4 Å². The molecular weight excluding hydrogens is 422 g/mol. The average Bonchev–Trinajstić information content (AvgIpc) is 2.75. The maximum Gasteiger partial charge on any atom is 0.323 e. The summed E-state index contributed by atoms with van der Waals surface area (Å²) in [4.78, 5) is 39.3. The molecule has 0 fully saturated rings. The molecule has 3 rings (SSSR count). The summed E-state index contributed by atoms with van der Waals surface area (Å²) in [5.74, 6) is -2.07. The van der Waals surface area contributed by atoms with E-state index in [1.54, 1.807) is 31.2 Å². The van der Waals surface area contributed by atoms with Crippen molar-refractivity contribution in [3.05, 3.63) is 81.9 Å². The van der Waals surface area contributed by atoms with Gasteiger partial charge in [-0.2, -0.15) is 5.26 Å². The average molecular weight is 445 g/mol. The topological polar surface area (TPSA) is 111 Å². The second-order valence-corrected chi connectivity index (χ2v) is 7.76. The summed E-state index contributed by atoms with van der Waals surface area (Å²) in [6, 6.07) is 9.69. The molecule has 1 aromatic rings. The summed E-state index contributed by atoms with van der Waals surface area (Å²) in [6.07, 6.45) is 6.85. The molecule has 0 saturated carbocycles. The number of nitrogens with zero attached hydrogens (tertiary/aromatic N) is 3. The van der Waals surface area contributed by atoms with Gasteiger partial charge in [0.1, 0.15) is 29.7 Å². The van der Waals surface area contributed by atoms with Crippen LogP contribution in [0.2, 0.25) is 0 Å². The summed E-state index contributed by atoms with van der Waals surface area (Å²) >= 11 is 0. The molecule has 8 heteroatoms. The predicted octanol–water partition coefficient (Wildman–Crippen LogP) is 3.17. The minimum absolute atomic E-state index is 0.0938. The van der Waals surface area contributed by atoms with Crippen LogP contribution in [0.5, 0.6) is 0 Å². The lowest BCUT2D eigenvalue weighted by molar-refractivity contribution is -0.149. The van der Waals surface area contributed by atoms with Crippen molar-refractivity contribution in [1.29, 1.82) is 5.26 Å². The zero-order chi connectivity index (χ0) is 24.3. The van der Waals surface area contributed by atoms with Crippen LogP contribution in [0.25, 0.3) is 6.08 Å². The van der Waals surface area contributed by atoms with Gasteiger partial charge in [-0.1, -0.05) is 18.2 Å². The molecule has 0 bridgehead atoms. The Morgan fingerprint density at radius 3 is 2.36 bits per heavy atom. The molecule has 1 aromatic carbocycles. The van der Waals surface area contributed by atoms with E-state index in [0.29, 0.717) is 22.0 Å². The largest absolute Gasteiger partial charge is 0.480 e. The van der Waals surface area contributed by atoms with Gasteiger partial charge in [-0.25, -0.2) is 0 Å². The Morgan fingerprint density at radius 2 is 1.79 bits per heavy atom. The van der Waals surface area contributed by atoms with Crippen molar-refractivity contribution in [2.45, 2.75) is 13.8 Å². The van der Waals surface area contributed by atoms with Gasteiger partial charge in [-0.3, -0.25) is 19.3 Å². The molecule has 0 aromatic heterocycles. The minimum atomic E-state index is -1.35. The first-order valence-electron chi connectivity index (χ1n) is 10.1. The first kappa shape index (κ1) is 23.3. The first-order valence-corrected chi connectivity index (χ1v) is 10.1. The van der Waals surface area contributed by atoms with E-state index in [9.17, 15) is 19.6 Å². The third-order valence-corrected chi connectivity index (χ3v) is 5.15. The number of amides is 2. The van der Waals surface area contributed by atoms with Gasteiger partial charge in [-0.05, 0) is 60.9 Å². The van der Waals surface area contributed by atoms with E-state index < -0.39 is 24.3 Å². The van der Waals surface area contributed by atoms with E-state index in [1.165, 1.54) is 6.92 Å². The number of benzene rings is 1. The highest BCUT2D eigenvalue weighted by Gasteiger charge is 2.38. The smallest absolute Gasteiger partial charge is 0.323 e. The van der Waals surface area contributed by atoms with Crippen LogP contribution in [0.3, 0.4) is 0 Å². The summed E-state index contributed by atoms with van der Waals surface area (Å²) < 4.78 is 5.75. The van der Waals surface area contributed by atoms with Crippen LogP contribution in [0.4, 0.5) is 5.69 Å². The van der Waals surface area contributed by atoms with Crippen molar-refractivity contribution >= 4 is 29.5 Å². The number of nitriles is 1. The summed E-state index contributed by atoms with van der Waals surface area (Å²) in [6.45, 7) is 2.39. The van der Waals surface area contributed by atoms with Crippen molar-refractivity contribution in [2.24, 2.45) is 0 Å². The summed E-state index contributed by atoms with van der Waals surface area (Å²) in [5.41, 5.74) is 2.48. The van der Waals surface area contributed by atoms with Crippen molar-refractivity contribution in [3.8, 4) is 6.07 Å². The molecule has 2 aliphatic rings. The second-order valence-electron chi connectivity index (χ2n) is 7.76. The Kier molecular flexibility index (Phi) is 6.64. The van der Waals surface area contributed by atoms with E-state index >= 15 is 0 Å². The van der Waals surface area contributed by atoms with Gasteiger partial charge in [-0.15, -0.1) is 0 Å². The lowest BCUT2D eigenvalue weighted by Gasteiger charge is -2.27. The number of rotatable bonds is 5. The molecule has 0 unspecified atom stereocenters. The number of carboxylic acid groups (broad SMARTS) is 1. The Hall–Kier alpha value is -4.38. The molecule has 2 aliphatic heterocycles. The van der Waals surface area contributed by atoms with Gasteiger partial charge < -0.3 is 14.7 Å². The third kappa shape index (κ3) is 4.93. The van der Waals surface area contributed by atoms with Gasteiger partial charge in [0.05, 0.1) is 5.57 Å². The first-order chi connectivity index (χ1) is 15.6. The number of allylic oxidation sites excluding steroid dienone is 5. The monoisotopic (exact) mass is 445 g/mol. The molecule has 0 atom stereocenters. The Bertz CT molecular complexity index is 1220. The van der Waals surface area contributed by atoms with E-state index in [-0.39, 0.29) is 16.7 Å². The van der Waals surface area contributed by atoms with Crippen LogP contribution >= 0.6 is 0 Å². The van der Waals surface area contributed by atoms with Gasteiger partial charge in [0, 0.05) is 19.8 Å². The molecule has 8 nitrogen and oxygen atoms in total. The van der Waals surface area contributed by atoms with E-state index in [4.69, 9.17) is 9.84 Å². The summed E-state index contributed by atoms with van der Waals surface area (Å²) in [7, 11) is 3.92. The molecule has 0 radical (unpaired) electrons. The number of hydrogen-bond donors (Lipinski definition) is 1. The van der Waals surface area contributed by atoms with Crippen LogP contribution in [0.1, 0.15) is 19.4 Å². The standard InChI is InChI=1S/C25H23N3O5/c1-15-11-18(12-20(33-15)10-7-17-5-8-19(9-6-17)27(3)4)23-16(2)21(13-26)24(31)28(25(23)32)14-22(29)30/h5-12H,14H2,1-4H3,(H,29,30)/b10-7+,23-18-. The Morgan fingerprint density at radius 1 is 1.12 bits per heavy atom. The number of ether oxygens (including phenoxy) is 1. The molecule has 1 N–H and O–H groups in total. The van der Waals surface area contributed by atoms with Gasteiger partial charge in [0.2, 0.25) is 0 Å². The summed E-state index contributed by atoms with van der Waals surface area (Å²) in [5, 5.41) is 18.6. The van der Waals surface area contributed by atoms with Crippen molar-refractivity contribution in [2.75, 3.05) is 25.5 Å². The molecule has 0 saturated heterocycles. The number of carboxylic acids is 1. The molecule has 0 spiro atoms. The van der Waals surface area contributed by atoms with Crippen molar-refractivity contribution < 1.29 is 24.2 Å². The molecule has 168 valence electrons. The SMILES string of the molecule is CC1=C/C(=C2/C(=O)N(CC(=O)O)C(=O)C(C#N)=C2C)C=C(/C=C/c2ccc(N(C)C)cc2)O1. The third-order valence-electron chi connectivity index (χ3n) is 5.15. The highest BCUT2D eigenvalue weighted by Crippen LogP contribution is 2.32. The van der Waals surface area contributed by atoms with E-state index in [2.05, 4.69) is 0 Å². The number of hydrogen-bond acceptors (Lipinski definition) is 6. The molecular formula is C25H23N3O5. The Balaban J connectivity index is 2.04. The maximum absolute atomic E-state index is 13.0. The highest BCUT2D eigenvalue weighted by atomic mass is 16.5. The fraction of sp³-hybridized carbons (Fsp3) is 0.200. The number of carbonyl (C=O) groups is 3. The molecule has 33 heavy (non-hydrogen) atoms. The van der Waals surface area contributed by atoms with Crippen LogP contribution in [0.15, 0.2) is 76.3 Å². The van der Waals surface area contributed by atoms with E-state index in [1.807, 2.05) is 49.3 Å². The van der Waals surface area contributed by atoms with Crippen molar-refractivity contribution in [1.82, 2.24) is 4.90 Å². The second kappa shape index (κ2) is 9.40. The lowest BCUT2D eigenvalue weighted by Crippen LogP contribution is -2.45. The van der Waals surface area contributed by atoms with Crippen LogP contribution in [-0.2, 0) is 19.1 Å². The number of anilines is 1. The quantitative estimate of drug-likeness (QED) is 0.547. The predicted molar refractivity (Wildman–Crippen MR) is 122 cm³/mol. The van der Waals surface area contributed by atoms with Gasteiger partial charge >= 0.3 is 5.97 Å². The van der Waals surface area contributed by atoms with Crippen molar-refractivity contribution in [3.63, 3.8) is 0 Å². The zero-order valence-electron chi connectivity index (χ0n) is 18.7. The van der Waals surface area contributed by atoms with E-state index in [0.717, 1.165) is 11.3 Å². The lowest BCUT2D eigenvalue weighted by atomic mass is 9.90. The molecule has 2 heterocycles. The normalized spacial score (nSPS) is 18.7. The zero-order valence-corrected chi connectivity index (χ0v) is 18.7. The van der Waals surface area contributed by atoms with Gasteiger partial charge in [0.25, 0.3) is 11.8 Å². The highest BCUT2D eigenvalue weighted by molar-refractivity contribution is 6.19. The molecule has 0 aliphatic carbocycles. The maximum atomic E-state index is 13.0. The fourth-order valence-electron chi connectivity index (χ4n) is 3.51. The fourth-order valence-corrected chi connectivity index (χ4v) is 3.51. The number of imide groups is 1. The number of aliphatic carboxylic acids is 1. The minimum Gasteiger partial charge on any atom is -0.480 e. The van der Waals surface area contributed by atoms with Gasteiger partial charge in [0.15, 0.2) is 0 Å². The number of carbonyl (C=O) groups excluding carboxylic acids is 2. The molecule has 2 amide bonds. The van der Waals surface area contributed by atoms with Crippen LogP contribution in [0, 0.1) is 11.3 Å². The van der Waals surface area contributed by atoms with Crippen LogP contribution < -0.4 is 4.90 Å². The Labute approximate surface area is 191 Å².